The summed E-state index contributed by atoms with van der Waals surface area (Å²) in [7, 11) is 0. The fraction of sp³-hybridized carbons (Fsp3) is 0.0769. The molecule has 0 saturated heterocycles. The van der Waals surface area contributed by atoms with Gasteiger partial charge in [-0.25, -0.2) is 0 Å². The van der Waals surface area contributed by atoms with Crippen molar-refractivity contribution in [1.82, 2.24) is 0 Å². The minimum atomic E-state index is 0.375. The molecule has 0 atom stereocenters. The Kier molecular flexibility index (Phi) is 4.87. The molecule has 0 aliphatic rings. The lowest BCUT2D eigenvalue weighted by Gasteiger charge is -2.16. The van der Waals surface area contributed by atoms with Crippen molar-refractivity contribution in [2.45, 2.75) is 12.8 Å². The topological polar surface area (TPSA) is 47.6 Å². The Morgan fingerprint density at radius 3 is 1.39 bits per heavy atom. The van der Waals surface area contributed by atoms with Crippen LogP contribution in [0.4, 0.5) is 0 Å². The van der Waals surface area contributed by atoms with E-state index in [1.165, 1.54) is 0 Å². The molecule has 0 N–H and O–H groups in total. The number of nitriles is 2. The molecule has 0 saturated carbocycles. The monoisotopic (exact) mass is 358 g/mol. The van der Waals surface area contributed by atoms with Crippen LogP contribution in [0.15, 0.2) is 84.9 Å². The molecule has 0 spiro atoms. The average molecular weight is 358 g/mol. The van der Waals surface area contributed by atoms with E-state index in [-0.39, 0.29) is 0 Å². The summed E-state index contributed by atoms with van der Waals surface area (Å²) in [5.41, 5.74) is 6.45. The molecule has 0 heterocycles. The highest BCUT2D eigenvalue weighted by molar-refractivity contribution is 6.07. The second kappa shape index (κ2) is 7.78. The van der Waals surface area contributed by atoms with E-state index < -0.39 is 0 Å². The summed E-state index contributed by atoms with van der Waals surface area (Å²) >= 11 is 0. The van der Waals surface area contributed by atoms with E-state index in [1.807, 2.05) is 36.4 Å². The molecule has 4 aromatic carbocycles. The summed E-state index contributed by atoms with van der Waals surface area (Å²) < 4.78 is 0. The van der Waals surface area contributed by atoms with Gasteiger partial charge in [-0.3, -0.25) is 0 Å². The van der Waals surface area contributed by atoms with Crippen molar-refractivity contribution in [3.8, 4) is 34.4 Å². The zero-order valence-corrected chi connectivity index (χ0v) is 15.4. The Balaban J connectivity index is 2.05. The van der Waals surface area contributed by atoms with Crippen molar-refractivity contribution in [1.29, 1.82) is 10.5 Å². The molecule has 0 aromatic heterocycles. The van der Waals surface area contributed by atoms with Crippen molar-refractivity contribution in [3.63, 3.8) is 0 Å². The van der Waals surface area contributed by atoms with Gasteiger partial charge in [-0.1, -0.05) is 84.9 Å². The lowest BCUT2D eigenvalue weighted by atomic mass is 9.87. The number of nitrogens with zero attached hydrogens (tertiary/aromatic N) is 2. The third-order valence-electron chi connectivity index (χ3n) is 5.06. The van der Waals surface area contributed by atoms with Gasteiger partial charge in [0.2, 0.25) is 0 Å². The van der Waals surface area contributed by atoms with Gasteiger partial charge in [-0.05, 0) is 44.2 Å². The minimum Gasteiger partial charge on any atom is -0.198 e. The van der Waals surface area contributed by atoms with Crippen LogP contribution in [-0.4, -0.2) is 0 Å². The molecule has 0 amide bonds. The normalized spacial score (nSPS) is 10.4. The average Bonchev–Trinajstić information content (AvgIpc) is 2.74. The van der Waals surface area contributed by atoms with Crippen LogP contribution < -0.4 is 0 Å². The molecule has 0 bridgehead atoms. The Bertz CT molecular complexity index is 1140. The Hall–Kier alpha value is -3.88. The molecule has 132 valence electrons. The summed E-state index contributed by atoms with van der Waals surface area (Å²) in [6, 6.07) is 33.3. The van der Waals surface area contributed by atoms with Crippen molar-refractivity contribution < 1.29 is 0 Å². The number of hydrogen-bond acceptors (Lipinski definition) is 2. The first-order chi connectivity index (χ1) is 13.8. The summed E-state index contributed by atoms with van der Waals surface area (Å²) in [5, 5.41) is 20.8. The summed E-state index contributed by atoms with van der Waals surface area (Å²) in [4.78, 5) is 0. The SMILES string of the molecule is N#CCc1ccccc1-c1cccc2cccc(-c3ccccc3CC#N)c12. The molecular weight excluding hydrogens is 340 g/mol. The predicted molar refractivity (Wildman–Crippen MR) is 113 cm³/mol. The molecule has 0 aliphatic heterocycles. The van der Waals surface area contributed by atoms with Crippen LogP contribution in [0.25, 0.3) is 33.0 Å². The van der Waals surface area contributed by atoms with Crippen molar-refractivity contribution in [3.05, 3.63) is 96.1 Å². The number of hydrogen-bond donors (Lipinski definition) is 0. The van der Waals surface area contributed by atoms with Crippen LogP contribution in [0.3, 0.4) is 0 Å². The zero-order valence-electron chi connectivity index (χ0n) is 15.4. The second-order valence-corrected chi connectivity index (χ2v) is 6.69. The lowest BCUT2D eigenvalue weighted by molar-refractivity contribution is 1.26. The van der Waals surface area contributed by atoms with E-state index in [2.05, 4.69) is 60.7 Å². The van der Waals surface area contributed by atoms with Gasteiger partial charge in [0, 0.05) is 0 Å². The molecule has 0 fully saturated rings. The van der Waals surface area contributed by atoms with E-state index in [0.717, 1.165) is 44.2 Å². The Morgan fingerprint density at radius 1 is 0.500 bits per heavy atom. The van der Waals surface area contributed by atoms with E-state index in [1.54, 1.807) is 0 Å². The van der Waals surface area contributed by atoms with E-state index in [4.69, 9.17) is 0 Å². The van der Waals surface area contributed by atoms with E-state index in [9.17, 15) is 10.5 Å². The Labute approximate surface area is 164 Å². The first-order valence-electron chi connectivity index (χ1n) is 9.25. The van der Waals surface area contributed by atoms with Crippen molar-refractivity contribution in [2.75, 3.05) is 0 Å². The standard InChI is InChI=1S/C26H18N2/c27-17-15-19-7-1-3-11-22(19)24-13-5-9-21-10-6-14-25(26(21)24)23-12-4-2-8-20(23)16-18-28/h1-14H,15-16H2. The first-order valence-corrected chi connectivity index (χ1v) is 9.25. The highest BCUT2D eigenvalue weighted by Crippen LogP contribution is 2.38. The maximum atomic E-state index is 9.25. The molecule has 2 nitrogen and oxygen atoms in total. The van der Waals surface area contributed by atoms with Crippen LogP contribution in [0.1, 0.15) is 11.1 Å². The Morgan fingerprint density at radius 2 is 0.929 bits per heavy atom. The van der Waals surface area contributed by atoms with E-state index >= 15 is 0 Å². The summed E-state index contributed by atoms with van der Waals surface area (Å²) in [5.74, 6) is 0. The predicted octanol–water partition coefficient (Wildman–Crippen LogP) is 6.31. The molecule has 0 unspecified atom stereocenters. The third-order valence-corrected chi connectivity index (χ3v) is 5.06. The van der Waals surface area contributed by atoms with Crippen LogP contribution in [0, 0.1) is 22.7 Å². The van der Waals surface area contributed by atoms with Gasteiger partial charge in [0.05, 0.1) is 25.0 Å². The lowest BCUT2D eigenvalue weighted by Crippen LogP contribution is -1.93. The molecule has 0 radical (unpaired) electrons. The van der Waals surface area contributed by atoms with E-state index in [0.29, 0.717) is 12.8 Å². The fourth-order valence-electron chi connectivity index (χ4n) is 3.83. The largest absolute Gasteiger partial charge is 0.198 e. The molecule has 2 heteroatoms. The maximum absolute atomic E-state index is 9.25. The maximum Gasteiger partial charge on any atom is 0.0669 e. The van der Waals surface area contributed by atoms with Crippen molar-refractivity contribution in [2.24, 2.45) is 0 Å². The fourth-order valence-corrected chi connectivity index (χ4v) is 3.83. The smallest absolute Gasteiger partial charge is 0.0669 e. The molecule has 4 aromatic rings. The zero-order chi connectivity index (χ0) is 19.3. The number of rotatable bonds is 4. The molecular formula is C26H18N2. The van der Waals surface area contributed by atoms with Crippen LogP contribution in [0.2, 0.25) is 0 Å². The second-order valence-electron chi connectivity index (χ2n) is 6.69. The van der Waals surface area contributed by atoms with Crippen LogP contribution in [-0.2, 0) is 12.8 Å². The highest BCUT2D eigenvalue weighted by atomic mass is 14.2. The summed E-state index contributed by atoms with van der Waals surface area (Å²) in [6.07, 6.45) is 0.749. The molecule has 4 rings (SSSR count). The minimum absolute atomic E-state index is 0.375. The third kappa shape index (κ3) is 3.13. The first kappa shape index (κ1) is 17.5. The number of fused-ring (bicyclic) bond motifs is 1. The quantitative estimate of drug-likeness (QED) is 0.429. The van der Waals surface area contributed by atoms with Gasteiger partial charge < -0.3 is 0 Å². The van der Waals surface area contributed by atoms with Gasteiger partial charge in [0.1, 0.15) is 0 Å². The van der Waals surface area contributed by atoms with Gasteiger partial charge in [0.15, 0.2) is 0 Å². The van der Waals surface area contributed by atoms with Gasteiger partial charge in [-0.2, -0.15) is 10.5 Å². The van der Waals surface area contributed by atoms with Crippen LogP contribution in [0.5, 0.6) is 0 Å². The van der Waals surface area contributed by atoms with Gasteiger partial charge in [0.25, 0.3) is 0 Å². The molecule has 0 aliphatic carbocycles. The highest BCUT2D eigenvalue weighted by Gasteiger charge is 2.14. The number of benzene rings is 4. The summed E-state index contributed by atoms with van der Waals surface area (Å²) in [6.45, 7) is 0. The van der Waals surface area contributed by atoms with Gasteiger partial charge >= 0.3 is 0 Å². The van der Waals surface area contributed by atoms with Crippen LogP contribution >= 0.6 is 0 Å². The van der Waals surface area contributed by atoms with Gasteiger partial charge in [-0.15, -0.1) is 0 Å². The molecule has 28 heavy (non-hydrogen) atoms. The van der Waals surface area contributed by atoms with Crippen molar-refractivity contribution >= 4 is 10.8 Å².